The van der Waals surface area contributed by atoms with Crippen LogP contribution in [0.15, 0.2) is 60.7 Å². The summed E-state index contributed by atoms with van der Waals surface area (Å²) in [5.41, 5.74) is 2.01. The first kappa shape index (κ1) is 21.2. The largest absolute Gasteiger partial charge is 0.497 e. The van der Waals surface area contributed by atoms with Gasteiger partial charge < -0.3 is 14.4 Å². The summed E-state index contributed by atoms with van der Waals surface area (Å²) >= 11 is 0. The van der Waals surface area contributed by atoms with Gasteiger partial charge in [-0.05, 0) is 35.8 Å². The zero-order chi connectivity index (χ0) is 20.4. The molecule has 0 aliphatic rings. The molecule has 2 aromatic rings. The van der Waals surface area contributed by atoms with E-state index in [1.165, 1.54) is 13.2 Å². The Morgan fingerprint density at radius 3 is 2.50 bits per heavy atom. The summed E-state index contributed by atoms with van der Waals surface area (Å²) in [5, 5.41) is 0. The average molecular weight is 381 g/mol. The SMILES string of the molecule is COC(=O)C(C)CN(CCc1ccccc1)C(=O)/C=C/c1cccc(OC)c1. The van der Waals surface area contributed by atoms with E-state index in [-0.39, 0.29) is 11.9 Å². The first-order valence-electron chi connectivity index (χ1n) is 9.26. The third-order valence-corrected chi connectivity index (χ3v) is 4.43. The van der Waals surface area contributed by atoms with Crippen molar-refractivity contribution in [2.24, 2.45) is 5.92 Å². The van der Waals surface area contributed by atoms with Crippen molar-refractivity contribution in [1.29, 1.82) is 0 Å². The van der Waals surface area contributed by atoms with Gasteiger partial charge in [0.25, 0.3) is 0 Å². The van der Waals surface area contributed by atoms with Crippen molar-refractivity contribution in [2.75, 3.05) is 27.3 Å². The van der Waals surface area contributed by atoms with Crippen LogP contribution < -0.4 is 4.74 Å². The van der Waals surface area contributed by atoms with Crippen molar-refractivity contribution in [3.8, 4) is 5.75 Å². The van der Waals surface area contributed by atoms with Crippen molar-refractivity contribution < 1.29 is 19.1 Å². The molecular formula is C23H27NO4. The molecule has 0 saturated heterocycles. The van der Waals surface area contributed by atoms with Gasteiger partial charge in [0, 0.05) is 19.2 Å². The summed E-state index contributed by atoms with van der Waals surface area (Å²) < 4.78 is 10.0. The second kappa shape index (κ2) is 10.9. The van der Waals surface area contributed by atoms with E-state index in [9.17, 15) is 9.59 Å². The van der Waals surface area contributed by atoms with Gasteiger partial charge in [-0.15, -0.1) is 0 Å². The molecule has 1 amide bonds. The van der Waals surface area contributed by atoms with Crippen molar-refractivity contribution in [3.63, 3.8) is 0 Å². The van der Waals surface area contributed by atoms with Crippen molar-refractivity contribution >= 4 is 18.0 Å². The lowest BCUT2D eigenvalue weighted by Gasteiger charge is -2.24. The normalized spacial score (nSPS) is 11.8. The van der Waals surface area contributed by atoms with Crippen LogP contribution in [0.2, 0.25) is 0 Å². The van der Waals surface area contributed by atoms with Crippen molar-refractivity contribution in [3.05, 3.63) is 71.8 Å². The van der Waals surface area contributed by atoms with Crippen molar-refractivity contribution in [2.45, 2.75) is 13.3 Å². The number of ether oxygens (including phenoxy) is 2. The van der Waals surface area contributed by atoms with Gasteiger partial charge in [-0.3, -0.25) is 9.59 Å². The molecule has 0 saturated carbocycles. The third-order valence-electron chi connectivity index (χ3n) is 4.43. The highest BCUT2D eigenvalue weighted by molar-refractivity contribution is 5.92. The summed E-state index contributed by atoms with van der Waals surface area (Å²) in [6.07, 6.45) is 4.00. The predicted octanol–water partition coefficient (Wildman–Crippen LogP) is 3.59. The summed E-state index contributed by atoms with van der Waals surface area (Å²) in [7, 11) is 2.96. The highest BCUT2D eigenvalue weighted by atomic mass is 16.5. The number of methoxy groups -OCH3 is 2. The fourth-order valence-electron chi connectivity index (χ4n) is 2.82. The molecule has 0 N–H and O–H groups in total. The van der Waals surface area contributed by atoms with Gasteiger partial charge in [0.15, 0.2) is 0 Å². The van der Waals surface area contributed by atoms with Crippen LogP contribution >= 0.6 is 0 Å². The van der Waals surface area contributed by atoms with Gasteiger partial charge in [-0.1, -0.05) is 49.4 Å². The molecule has 2 rings (SSSR count). The summed E-state index contributed by atoms with van der Waals surface area (Å²) in [5.74, 6) is -0.131. The molecule has 1 atom stereocenters. The smallest absolute Gasteiger partial charge is 0.310 e. The number of carbonyl (C=O) groups excluding carboxylic acids is 2. The Morgan fingerprint density at radius 2 is 1.82 bits per heavy atom. The molecule has 0 spiro atoms. The van der Waals surface area contributed by atoms with Crippen LogP contribution in [0.5, 0.6) is 5.75 Å². The number of carbonyl (C=O) groups is 2. The fourth-order valence-corrected chi connectivity index (χ4v) is 2.82. The van der Waals surface area contributed by atoms with E-state index in [1.54, 1.807) is 25.0 Å². The van der Waals surface area contributed by atoms with Crippen LogP contribution in [0, 0.1) is 5.92 Å². The van der Waals surface area contributed by atoms with Gasteiger partial charge in [-0.25, -0.2) is 0 Å². The minimum absolute atomic E-state index is 0.144. The van der Waals surface area contributed by atoms with E-state index in [2.05, 4.69) is 0 Å². The first-order valence-corrected chi connectivity index (χ1v) is 9.26. The van der Waals surface area contributed by atoms with E-state index in [0.29, 0.717) is 19.5 Å². The Hall–Kier alpha value is -3.08. The van der Waals surface area contributed by atoms with Crippen LogP contribution in [-0.2, 0) is 20.7 Å². The van der Waals surface area contributed by atoms with Crippen LogP contribution in [0.3, 0.4) is 0 Å². The number of rotatable bonds is 9. The molecule has 0 radical (unpaired) electrons. The van der Waals surface area contributed by atoms with Crippen molar-refractivity contribution in [1.82, 2.24) is 4.90 Å². The standard InChI is InChI=1S/C23H27NO4/c1-18(23(26)28-3)17-24(15-14-19-8-5-4-6-9-19)22(25)13-12-20-10-7-11-21(16-20)27-2/h4-13,16,18H,14-15,17H2,1-3H3/b13-12+. The monoisotopic (exact) mass is 381 g/mol. The summed E-state index contributed by atoms with van der Waals surface area (Å²) in [4.78, 5) is 26.3. The van der Waals surface area contributed by atoms with Gasteiger partial charge in [-0.2, -0.15) is 0 Å². The number of hydrogen-bond acceptors (Lipinski definition) is 4. The van der Waals surface area contributed by atoms with E-state index >= 15 is 0 Å². The minimum atomic E-state index is -0.394. The van der Waals surface area contributed by atoms with E-state index in [0.717, 1.165) is 16.9 Å². The number of amides is 1. The molecule has 0 aromatic heterocycles. The number of hydrogen-bond donors (Lipinski definition) is 0. The Bertz CT molecular complexity index is 801. The second-order valence-electron chi connectivity index (χ2n) is 6.55. The number of esters is 1. The van der Waals surface area contributed by atoms with Gasteiger partial charge >= 0.3 is 5.97 Å². The molecule has 0 aliphatic carbocycles. The summed E-state index contributed by atoms with van der Waals surface area (Å²) in [6, 6.07) is 17.4. The summed E-state index contributed by atoms with van der Waals surface area (Å²) in [6.45, 7) is 2.59. The Labute approximate surface area is 166 Å². The predicted molar refractivity (Wildman–Crippen MR) is 110 cm³/mol. The zero-order valence-corrected chi connectivity index (χ0v) is 16.6. The first-order chi connectivity index (χ1) is 13.5. The van der Waals surface area contributed by atoms with Crippen LogP contribution in [0.4, 0.5) is 0 Å². The lowest BCUT2D eigenvalue weighted by molar-refractivity contribution is -0.146. The van der Waals surface area contributed by atoms with Gasteiger partial charge in [0.1, 0.15) is 5.75 Å². The molecule has 0 heterocycles. The molecule has 5 nitrogen and oxygen atoms in total. The van der Waals surface area contributed by atoms with Gasteiger partial charge in [0.05, 0.1) is 20.1 Å². The fraction of sp³-hybridized carbons (Fsp3) is 0.304. The topological polar surface area (TPSA) is 55.8 Å². The molecule has 0 bridgehead atoms. The molecule has 0 aliphatic heterocycles. The maximum Gasteiger partial charge on any atom is 0.310 e. The number of nitrogens with zero attached hydrogens (tertiary/aromatic N) is 1. The zero-order valence-electron chi connectivity index (χ0n) is 16.6. The molecule has 2 aromatic carbocycles. The third kappa shape index (κ3) is 6.58. The lowest BCUT2D eigenvalue weighted by Crippen LogP contribution is -2.37. The van der Waals surface area contributed by atoms with Crippen LogP contribution in [-0.4, -0.2) is 44.1 Å². The highest BCUT2D eigenvalue weighted by Crippen LogP contribution is 2.14. The van der Waals surface area contributed by atoms with Gasteiger partial charge in [0.2, 0.25) is 5.91 Å². The minimum Gasteiger partial charge on any atom is -0.497 e. The molecular weight excluding hydrogens is 354 g/mol. The Balaban J connectivity index is 2.10. The highest BCUT2D eigenvalue weighted by Gasteiger charge is 2.20. The molecule has 1 unspecified atom stereocenters. The van der Waals surface area contributed by atoms with E-state index in [1.807, 2.05) is 54.6 Å². The second-order valence-corrected chi connectivity index (χ2v) is 6.55. The average Bonchev–Trinajstić information content (AvgIpc) is 2.74. The maximum absolute atomic E-state index is 12.8. The Morgan fingerprint density at radius 1 is 1.07 bits per heavy atom. The Kier molecular flexibility index (Phi) is 8.28. The molecule has 28 heavy (non-hydrogen) atoms. The van der Waals surface area contributed by atoms with E-state index in [4.69, 9.17) is 9.47 Å². The van der Waals surface area contributed by atoms with Crippen LogP contribution in [0.1, 0.15) is 18.1 Å². The quantitative estimate of drug-likeness (QED) is 0.492. The maximum atomic E-state index is 12.8. The lowest BCUT2D eigenvalue weighted by atomic mass is 10.1. The molecule has 0 fully saturated rings. The van der Waals surface area contributed by atoms with E-state index < -0.39 is 5.92 Å². The molecule has 148 valence electrons. The molecule has 5 heteroatoms. The number of benzene rings is 2. The van der Waals surface area contributed by atoms with Crippen LogP contribution in [0.25, 0.3) is 6.08 Å².